The standard InChI is InChI=1S/C42H58N3O8P/c1-32(2)45(33(3)4)54(52-29-12-26-43)53-40(30-50-28-13-27-44-41(47)17-11-14-34(5)46)31-51-42(35-15-9-8-10-16-35,36-18-22-38(48-6)23-19-36)37-20-24-39(49-7)25-21-37/h8-10,15-16,18-25,32-33,40H,11-14,17,27-31H2,1-7H3,(H,44,47). The highest BCUT2D eigenvalue weighted by molar-refractivity contribution is 7.44. The Morgan fingerprint density at radius 2 is 1.37 bits per heavy atom. The molecule has 3 rings (SSSR count). The van der Waals surface area contributed by atoms with Gasteiger partial charge in [-0.15, -0.1) is 0 Å². The van der Waals surface area contributed by atoms with E-state index in [1.807, 2.05) is 78.9 Å². The predicted molar refractivity (Wildman–Crippen MR) is 211 cm³/mol. The largest absolute Gasteiger partial charge is 0.497 e. The highest BCUT2D eigenvalue weighted by Gasteiger charge is 2.39. The predicted octanol–water partition coefficient (Wildman–Crippen LogP) is 7.96. The third-order valence-corrected chi connectivity index (χ3v) is 10.8. The Balaban J connectivity index is 1.96. The van der Waals surface area contributed by atoms with Gasteiger partial charge in [-0.1, -0.05) is 54.6 Å². The summed E-state index contributed by atoms with van der Waals surface area (Å²) >= 11 is 0. The first-order valence-corrected chi connectivity index (χ1v) is 19.8. The molecule has 2 atom stereocenters. The van der Waals surface area contributed by atoms with E-state index in [-0.39, 0.29) is 50.0 Å². The van der Waals surface area contributed by atoms with Crippen LogP contribution in [0.4, 0.5) is 0 Å². The Labute approximate surface area is 323 Å². The summed E-state index contributed by atoms with van der Waals surface area (Å²) in [6.45, 7) is 11.3. The van der Waals surface area contributed by atoms with Crippen molar-refractivity contribution in [2.75, 3.05) is 47.2 Å². The molecule has 2 unspecified atom stereocenters. The van der Waals surface area contributed by atoms with Gasteiger partial charge >= 0.3 is 0 Å². The minimum Gasteiger partial charge on any atom is -0.497 e. The number of Topliss-reactive ketones (excluding diaryl/α,β-unsaturated/α-hetero) is 1. The lowest BCUT2D eigenvalue weighted by atomic mass is 9.80. The summed E-state index contributed by atoms with van der Waals surface area (Å²) in [6.07, 6.45) is 1.50. The number of nitrogens with one attached hydrogen (secondary N) is 1. The summed E-state index contributed by atoms with van der Waals surface area (Å²) in [4.78, 5) is 23.4. The second-order valence-electron chi connectivity index (χ2n) is 13.4. The van der Waals surface area contributed by atoms with Crippen molar-refractivity contribution in [3.8, 4) is 17.6 Å². The zero-order chi connectivity index (χ0) is 39.3. The van der Waals surface area contributed by atoms with Gasteiger partial charge in [-0.3, -0.25) is 4.79 Å². The molecule has 0 spiro atoms. The Morgan fingerprint density at radius 3 is 1.89 bits per heavy atom. The van der Waals surface area contributed by atoms with Crippen LogP contribution in [0.25, 0.3) is 0 Å². The zero-order valence-corrected chi connectivity index (χ0v) is 33.8. The minimum absolute atomic E-state index is 0.0787. The number of amides is 1. The van der Waals surface area contributed by atoms with E-state index in [1.165, 1.54) is 6.92 Å². The first-order chi connectivity index (χ1) is 26.0. The van der Waals surface area contributed by atoms with E-state index in [4.69, 9.17) is 28.0 Å². The van der Waals surface area contributed by atoms with E-state index >= 15 is 0 Å². The molecule has 1 N–H and O–H groups in total. The van der Waals surface area contributed by atoms with Gasteiger partial charge < -0.3 is 38.1 Å². The Hall–Kier alpha value is -3.88. The van der Waals surface area contributed by atoms with Crippen LogP contribution in [0.1, 0.15) is 83.4 Å². The maximum absolute atomic E-state index is 12.2. The van der Waals surface area contributed by atoms with Gasteiger partial charge in [0.1, 0.15) is 29.0 Å². The van der Waals surface area contributed by atoms with Crippen molar-refractivity contribution in [3.63, 3.8) is 0 Å². The number of nitriles is 1. The van der Waals surface area contributed by atoms with Crippen LogP contribution in [0.15, 0.2) is 78.9 Å². The van der Waals surface area contributed by atoms with Gasteiger partial charge in [0.05, 0.1) is 46.5 Å². The number of methoxy groups -OCH3 is 2. The van der Waals surface area contributed by atoms with Gasteiger partial charge in [0.25, 0.3) is 8.53 Å². The average Bonchev–Trinajstić information content (AvgIpc) is 3.16. The molecule has 0 saturated heterocycles. The van der Waals surface area contributed by atoms with Crippen LogP contribution in [0.3, 0.4) is 0 Å². The van der Waals surface area contributed by atoms with Crippen LogP contribution < -0.4 is 14.8 Å². The molecule has 0 aromatic heterocycles. The number of hydrogen-bond donors (Lipinski definition) is 1. The summed E-state index contributed by atoms with van der Waals surface area (Å²) in [7, 11) is 1.66. The molecular formula is C42H58N3O8P. The molecule has 0 aliphatic rings. The van der Waals surface area contributed by atoms with E-state index in [0.717, 1.165) is 28.2 Å². The molecular weight excluding hydrogens is 705 g/mol. The number of ketones is 1. The molecule has 0 aliphatic carbocycles. The summed E-state index contributed by atoms with van der Waals surface area (Å²) in [5, 5.41) is 12.2. The molecule has 0 saturated carbocycles. The average molecular weight is 764 g/mol. The number of rotatable bonds is 26. The monoisotopic (exact) mass is 763 g/mol. The maximum Gasteiger partial charge on any atom is 0.259 e. The number of nitrogens with zero attached hydrogens (tertiary/aromatic N) is 2. The molecule has 3 aromatic carbocycles. The van der Waals surface area contributed by atoms with E-state index in [0.29, 0.717) is 38.8 Å². The molecule has 54 heavy (non-hydrogen) atoms. The van der Waals surface area contributed by atoms with Crippen LogP contribution in [-0.2, 0) is 33.7 Å². The molecule has 11 nitrogen and oxygen atoms in total. The highest BCUT2D eigenvalue weighted by Crippen LogP contribution is 2.48. The van der Waals surface area contributed by atoms with Gasteiger partial charge in [-0.25, -0.2) is 4.67 Å². The number of carbonyl (C=O) groups is 2. The molecule has 0 heterocycles. The van der Waals surface area contributed by atoms with Crippen LogP contribution in [-0.4, -0.2) is 81.7 Å². The van der Waals surface area contributed by atoms with Gasteiger partial charge in [-0.2, -0.15) is 5.26 Å². The fourth-order valence-electron chi connectivity index (χ4n) is 6.03. The minimum atomic E-state index is -1.62. The Morgan fingerprint density at radius 1 is 0.796 bits per heavy atom. The SMILES string of the molecule is COc1ccc(C(OCC(COCCCNC(=O)CCCC(C)=O)OP(OCCC#N)N(C(C)C)C(C)C)(c2ccccc2)c2ccc(OC)cc2)cc1. The topological polar surface area (TPSA) is 129 Å². The van der Waals surface area contributed by atoms with Crippen LogP contribution >= 0.6 is 8.53 Å². The molecule has 294 valence electrons. The third kappa shape index (κ3) is 13.8. The zero-order valence-electron chi connectivity index (χ0n) is 32.9. The number of ether oxygens (including phenoxy) is 4. The lowest BCUT2D eigenvalue weighted by molar-refractivity contribution is -0.121. The molecule has 0 bridgehead atoms. The fraction of sp³-hybridized carbons (Fsp3) is 0.500. The second kappa shape index (κ2) is 23.8. The van der Waals surface area contributed by atoms with Gasteiger partial charge in [0.2, 0.25) is 5.91 Å². The quantitative estimate of drug-likeness (QED) is 0.0489. The van der Waals surface area contributed by atoms with Crippen molar-refractivity contribution in [1.82, 2.24) is 9.99 Å². The number of carbonyl (C=O) groups excluding carboxylic acids is 2. The van der Waals surface area contributed by atoms with Gasteiger partial charge in [0.15, 0.2) is 0 Å². The molecule has 0 radical (unpaired) electrons. The maximum atomic E-state index is 12.2. The molecule has 0 aliphatic heterocycles. The van der Waals surface area contributed by atoms with E-state index in [2.05, 4.69) is 43.8 Å². The highest BCUT2D eigenvalue weighted by atomic mass is 31.2. The normalized spacial score (nSPS) is 12.8. The van der Waals surface area contributed by atoms with Crippen molar-refractivity contribution in [1.29, 1.82) is 5.26 Å². The van der Waals surface area contributed by atoms with E-state index in [1.54, 1.807) is 14.2 Å². The van der Waals surface area contributed by atoms with E-state index in [9.17, 15) is 14.9 Å². The van der Waals surface area contributed by atoms with Crippen LogP contribution in [0.5, 0.6) is 11.5 Å². The number of hydrogen-bond acceptors (Lipinski definition) is 10. The first kappa shape index (κ1) is 44.5. The fourth-order valence-corrected chi connectivity index (χ4v) is 7.71. The summed E-state index contributed by atoms with van der Waals surface area (Å²) in [5.41, 5.74) is 1.61. The number of benzene rings is 3. The van der Waals surface area contributed by atoms with Crippen molar-refractivity contribution < 1.29 is 37.6 Å². The summed E-state index contributed by atoms with van der Waals surface area (Å²) in [6, 6.07) is 28.1. The van der Waals surface area contributed by atoms with Crippen LogP contribution in [0.2, 0.25) is 0 Å². The van der Waals surface area contributed by atoms with Gasteiger partial charge in [0, 0.05) is 38.1 Å². The smallest absolute Gasteiger partial charge is 0.259 e. The molecule has 3 aromatic rings. The summed E-state index contributed by atoms with van der Waals surface area (Å²) in [5.74, 6) is 1.44. The molecule has 1 amide bonds. The summed E-state index contributed by atoms with van der Waals surface area (Å²) < 4.78 is 39.7. The lowest BCUT2D eigenvalue weighted by Crippen LogP contribution is -2.39. The second-order valence-corrected chi connectivity index (χ2v) is 14.8. The molecule has 0 fully saturated rings. The Bertz CT molecular complexity index is 1510. The third-order valence-electron chi connectivity index (χ3n) is 8.58. The lowest BCUT2D eigenvalue weighted by Gasteiger charge is -2.39. The van der Waals surface area contributed by atoms with Crippen molar-refractivity contribution in [3.05, 3.63) is 95.6 Å². The van der Waals surface area contributed by atoms with Crippen molar-refractivity contribution in [2.24, 2.45) is 0 Å². The first-order valence-electron chi connectivity index (χ1n) is 18.6. The van der Waals surface area contributed by atoms with E-state index < -0.39 is 20.2 Å². The van der Waals surface area contributed by atoms with Crippen LogP contribution in [0, 0.1) is 11.3 Å². The van der Waals surface area contributed by atoms with Crippen molar-refractivity contribution >= 4 is 20.2 Å². The Kier molecular flexibility index (Phi) is 19.6. The van der Waals surface area contributed by atoms with Gasteiger partial charge in [-0.05, 0) is 88.4 Å². The van der Waals surface area contributed by atoms with Crippen molar-refractivity contribution in [2.45, 2.75) is 90.5 Å². The molecule has 12 heteroatoms.